The van der Waals surface area contributed by atoms with Crippen molar-refractivity contribution in [3.05, 3.63) is 66.4 Å². The van der Waals surface area contributed by atoms with Crippen molar-refractivity contribution in [2.45, 2.75) is 6.92 Å². The monoisotopic (exact) mass is 362 g/mol. The molecule has 0 atom stereocenters. The average molecular weight is 362 g/mol. The highest BCUT2D eigenvalue weighted by molar-refractivity contribution is 5.96. The molecule has 8 nitrogen and oxygen atoms in total. The molecule has 0 saturated carbocycles. The van der Waals surface area contributed by atoms with Crippen molar-refractivity contribution in [2.24, 2.45) is 0 Å². The van der Waals surface area contributed by atoms with E-state index in [1.54, 1.807) is 23.0 Å². The van der Waals surface area contributed by atoms with E-state index in [9.17, 15) is 4.79 Å². The Morgan fingerprint density at radius 3 is 2.85 bits per heavy atom. The maximum Gasteiger partial charge on any atom is 0.287 e. The molecule has 0 saturated heterocycles. The van der Waals surface area contributed by atoms with Crippen LogP contribution in [0.15, 0.2) is 59.3 Å². The number of para-hydroxylation sites is 1. The van der Waals surface area contributed by atoms with Crippen LogP contribution in [0, 0.1) is 6.92 Å². The van der Waals surface area contributed by atoms with Crippen molar-refractivity contribution in [3.8, 4) is 5.82 Å². The van der Waals surface area contributed by atoms with E-state index in [0.717, 1.165) is 5.39 Å². The summed E-state index contributed by atoms with van der Waals surface area (Å²) in [5.41, 5.74) is 0.698. The molecule has 0 radical (unpaired) electrons. The number of furan rings is 1. The van der Waals surface area contributed by atoms with Crippen LogP contribution in [-0.4, -0.2) is 38.7 Å². The van der Waals surface area contributed by atoms with Crippen LogP contribution >= 0.6 is 0 Å². The Kier molecular flexibility index (Phi) is 4.52. The first-order valence-electron chi connectivity index (χ1n) is 8.55. The predicted octanol–water partition coefficient (Wildman–Crippen LogP) is 2.56. The Balaban J connectivity index is 1.34. The molecule has 0 aliphatic carbocycles. The molecule has 3 aromatic heterocycles. The van der Waals surface area contributed by atoms with Gasteiger partial charge in [-0.2, -0.15) is 5.10 Å². The van der Waals surface area contributed by atoms with Gasteiger partial charge in [0.05, 0.1) is 0 Å². The van der Waals surface area contributed by atoms with Crippen molar-refractivity contribution in [3.63, 3.8) is 0 Å². The zero-order valence-corrected chi connectivity index (χ0v) is 14.7. The van der Waals surface area contributed by atoms with Gasteiger partial charge in [-0.15, -0.1) is 0 Å². The number of hydrogen-bond acceptors (Lipinski definition) is 6. The Labute approximate surface area is 155 Å². The molecule has 1 aromatic carbocycles. The summed E-state index contributed by atoms with van der Waals surface area (Å²) in [7, 11) is 0. The van der Waals surface area contributed by atoms with Gasteiger partial charge in [-0.1, -0.05) is 18.2 Å². The first-order valence-corrected chi connectivity index (χ1v) is 8.55. The van der Waals surface area contributed by atoms with Gasteiger partial charge in [-0.25, -0.2) is 14.6 Å². The summed E-state index contributed by atoms with van der Waals surface area (Å²) >= 11 is 0. The third-order valence-electron chi connectivity index (χ3n) is 3.93. The number of rotatable bonds is 6. The van der Waals surface area contributed by atoms with Crippen LogP contribution in [0.25, 0.3) is 16.8 Å². The van der Waals surface area contributed by atoms with Crippen LogP contribution in [0.1, 0.15) is 16.4 Å². The number of fused-ring (bicyclic) bond motifs is 1. The maximum atomic E-state index is 12.2. The zero-order chi connectivity index (χ0) is 18.6. The smallest absolute Gasteiger partial charge is 0.287 e. The zero-order valence-electron chi connectivity index (χ0n) is 14.7. The number of anilines is 1. The molecule has 2 N–H and O–H groups in total. The molecule has 0 fully saturated rings. The predicted molar refractivity (Wildman–Crippen MR) is 101 cm³/mol. The Morgan fingerprint density at radius 2 is 2.04 bits per heavy atom. The molecule has 0 spiro atoms. The summed E-state index contributed by atoms with van der Waals surface area (Å²) in [6.45, 7) is 2.76. The number of amides is 1. The molecule has 3 heterocycles. The third-order valence-corrected chi connectivity index (χ3v) is 3.93. The van der Waals surface area contributed by atoms with Gasteiger partial charge in [-0.05, 0) is 25.1 Å². The van der Waals surface area contributed by atoms with Gasteiger partial charge in [0, 0.05) is 36.9 Å². The molecule has 0 bridgehead atoms. The van der Waals surface area contributed by atoms with Crippen molar-refractivity contribution in [1.29, 1.82) is 0 Å². The van der Waals surface area contributed by atoms with Crippen molar-refractivity contribution >= 4 is 22.7 Å². The quantitative estimate of drug-likeness (QED) is 0.512. The molecule has 0 aliphatic heterocycles. The lowest BCUT2D eigenvalue weighted by molar-refractivity contribution is 0.0929. The fourth-order valence-electron chi connectivity index (χ4n) is 2.71. The fourth-order valence-corrected chi connectivity index (χ4v) is 2.71. The van der Waals surface area contributed by atoms with Crippen LogP contribution < -0.4 is 10.6 Å². The van der Waals surface area contributed by atoms with E-state index in [0.29, 0.717) is 41.9 Å². The molecule has 0 aliphatic rings. The standard InChI is InChI=1S/C19H18N6O2/c1-13-23-17(12-18(24-13)25-10-4-7-22-25)20-8-9-21-19(26)16-11-14-5-2-3-6-15(14)27-16/h2-7,10-12H,8-9H2,1H3,(H,21,26)(H,20,23,24). The minimum atomic E-state index is -0.246. The lowest BCUT2D eigenvalue weighted by atomic mass is 10.2. The van der Waals surface area contributed by atoms with Gasteiger partial charge in [0.1, 0.15) is 17.2 Å². The lowest BCUT2D eigenvalue weighted by Gasteiger charge is -2.09. The molecule has 4 aromatic rings. The average Bonchev–Trinajstić information content (AvgIpc) is 3.34. The van der Waals surface area contributed by atoms with E-state index in [1.165, 1.54) is 0 Å². The Bertz CT molecular complexity index is 1040. The van der Waals surface area contributed by atoms with Gasteiger partial charge in [0.15, 0.2) is 11.6 Å². The Hall–Kier alpha value is -3.68. The molecule has 27 heavy (non-hydrogen) atoms. The fraction of sp³-hybridized carbons (Fsp3) is 0.158. The van der Waals surface area contributed by atoms with E-state index in [-0.39, 0.29) is 5.91 Å². The molecule has 136 valence electrons. The third kappa shape index (κ3) is 3.79. The summed E-state index contributed by atoms with van der Waals surface area (Å²) in [6.07, 6.45) is 3.51. The summed E-state index contributed by atoms with van der Waals surface area (Å²) in [4.78, 5) is 20.9. The number of aryl methyl sites for hydroxylation is 1. The second kappa shape index (κ2) is 7.28. The highest BCUT2D eigenvalue weighted by Gasteiger charge is 2.11. The van der Waals surface area contributed by atoms with Crippen molar-refractivity contribution < 1.29 is 9.21 Å². The first-order chi connectivity index (χ1) is 13.2. The van der Waals surface area contributed by atoms with E-state index >= 15 is 0 Å². The molecule has 8 heteroatoms. The number of nitrogens with one attached hydrogen (secondary N) is 2. The SMILES string of the molecule is Cc1nc(NCCNC(=O)c2cc3ccccc3o2)cc(-n2cccn2)n1. The van der Waals surface area contributed by atoms with E-state index in [1.807, 2.05) is 43.5 Å². The van der Waals surface area contributed by atoms with Gasteiger partial charge < -0.3 is 15.1 Å². The summed E-state index contributed by atoms with van der Waals surface area (Å²) < 4.78 is 7.23. The van der Waals surface area contributed by atoms with E-state index < -0.39 is 0 Å². The van der Waals surface area contributed by atoms with Crippen molar-refractivity contribution in [2.75, 3.05) is 18.4 Å². The van der Waals surface area contributed by atoms with Gasteiger partial charge in [0.2, 0.25) is 0 Å². The number of carbonyl (C=O) groups excluding carboxylic acids is 1. The summed E-state index contributed by atoms with van der Waals surface area (Å²) in [6, 6.07) is 12.9. The molecular weight excluding hydrogens is 344 g/mol. The van der Waals surface area contributed by atoms with E-state index in [4.69, 9.17) is 4.42 Å². The van der Waals surface area contributed by atoms with Gasteiger partial charge in [0.25, 0.3) is 5.91 Å². The Morgan fingerprint density at radius 1 is 1.15 bits per heavy atom. The van der Waals surface area contributed by atoms with Crippen LogP contribution in [-0.2, 0) is 0 Å². The van der Waals surface area contributed by atoms with Crippen LogP contribution in [0.4, 0.5) is 5.82 Å². The number of benzene rings is 1. The number of hydrogen-bond donors (Lipinski definition) is 2. The molecule has 1 amide bonds. The van der Waals surface area contributed by atoms with Crippen LogP contribution in [0.5, 0.6) is 0 Å². The highest BCUT2D eigenvalue weighted by atomic mass is 16.3. The topological polar surface area (TPSA) is 97.9 Å². The molecule has 0 unspecified atom stereocenters. The van der Waals surface area contributed by atoms with Crippen molar-refractivity contribution in [1.82, 2.24) is 25.1 Å². The second-order valence-electron chi connectivity index (χ2n) is 5.94. The van der Waals surface area contributed by atoms with Gasteiger partial charge >= 0.3 is 0 Å². The van der Waals surface area contributed by atoms with Crippen LogP contribution in [0.2, 0.25) is 0 Å². The molecular formula is C19H18N6O2. The minimum absolute atomic E-state index is 0.246. The minimum Gasteiger partial charge on any atom is -0.451 e. The summed E-state index contributed by atoms with van der Waals surface area (Å²) in [5, 5.41) is 11.1. The number of aromatic nitrogens is 4. The summed E-state index contributed by atoms with van der Waals surface area (Å²) in [5.74, 6) is 2.04. The highest BCUT2D eigenvalue weighted by Crippen LogP contribution is 2.18. The van der Waals surface area contributed by atoms with E-state index in [2.05, 4.69) is 25.7 Å². The number of carbonyl (C=O) groups is 1. The van der Waals surface area contributed by atoms with Crippen LogP contribution in [0.3, 0.4) is 0 Å². The normalized spacial score (nSPS) is 10.9. The maximum absolute atomic E-state index is 12.2. The number of nitrogens with zero attached hydrogens (tertiary/aromatic N) is 4. The van der Waals surface area contributed by atoms with Gasteiger partial charge in [-0.3, -0.25) is 4.79 Å². The lowest BCUT2D eigenvalue weighted by Crippen LogP contribution is -2.28. The largest absolute Gasteiger partial charge is 0.451 e. The first kappa shape index (κ1) is 16.8. The molecule has 4 rings (SSSR count). The second-order valence-corrected chi connectivity index (χ2v) is 5.94.